The summed E-state index contributed by atoms with van der Waals surface area (Å²) < 4.78 is 20.8. The van der Waals surface area contributed by atoms with E-state index in [4.69, 9.17) is 14.2 Å². The summed E-state index contributed by atoms with van der Waals surface area (Å²) in [6, 6.07) is 4.02. The third-order valence-electron chi connectivity index (χ3n) is 6.32. The van der Waals surface area contributed by atoms with Crippen LogP contribution in [0.4, 0.5) is 0 Å². The average molecular weight is 536 g/mol. The van der Waals surface area contributed by atoms with Crippen molar-refractivity contribution in [1.82, 2.24) is 0 Å². The first kappa shape index (κ1) is 14.3. The molecule has 6 heteroatoms. The van der Waals surface area contributed by atoms with E-state index in [1.54, 1.807) is 0 Å². The van der Waals surface area contributed by atoms with Gasteiger partial charge in [0.25, 0.3) is 0 Å². The molecule has 23 heavy (non-hydrogen) atoms. The minimum absolute atomic E-state index is 0.0129. The van der Waals surface area contributed by atoms with Gasteiger partial charge >= 0.3 is 0 Å². The van der Waals surface area contributed by atoms with Crippen LogP contribution in [-0.2, 0) is 9.47 Å². The van der Waals surface area contributed by atoms with Gasteiger partial charge in [0, 0.05) is 19.0 Å². The van der Waals surface area contributed by atoms with E-state index < -0.39 is 0 Å². The topological polar surface area (TPSA) is 44.8 Å². The van der Waals surface area contributed by atoms with Crippen LogP contribution in [0.3, 0.4) is 0 Å². The van der Waals surface area contributed by atoms with Gasteiger partial charge in [-0.3, -0.25) is 4.79 Å². The molecular formula is C17H14I2O4. The van der Waals surface area contributed by atoms with Crippen LogP contribution in [-0.4, -0.2) is 36.3 Å². The summed E-state index contributed by atoms with van der Waals surface area (Å²) in [7, 11) is 0. The highest BCUT2D eigenvalue weighted by Crippen LogP contribution is 2.60. The Bertz CT molecular complexity index is 750. The molecule has 0 aromatic heterocycles. The van der Waals surface area contributed by atoms with Gasteiger partial charge in [0.2, 0.25) is 0 Å². The fourth-order valence-corrected chi connectivity index (χ4v) is 7.68. The molecule has 4 bridgehead atoms. The standard InChI is InChI=1S/C17H14I2O4/c18-5-3-6(19)10-9(4-5)22-17-13(14(10)20)15-11-7-1-2-8(21-7)12(11)16(17)23-15/h3-4,7-8,11-13,15-17H,1-2H2. The highest BCUT2D eigenvalue weighted by molar-refractivity contribution is 14.1. The van der Waals surface area contributed by atoms with Crippen LogP contribution < -0.4 is 4.74 Å². The smallest absolute Gasteiger partial charge is 0.177 e. The fourth-order valence-electron chi connectivity index (χ4n) is 5.62. The average Bonchev–Trinajstić information content (AvgIpc) is 3.24. The van der Waals surface area contributed by atoms with Gasteiger partial charge in [0.1, 0.15) is 18.0 Å². The largest absolute Gasteiger partial charge is 0.486 e. The lowest BCUT2D eigenvalue weighted by Crippen LogP contribution is -2.54. The first-order valence-corrected chi connectivity index (χ1v) is 10.3. The monoisotopic (exact) mass is 536 g/mol. The van der Waals surface area contributed by atoms with Gasteiger partial charge in [-0.25, -0.2) is 0 Å². The SMILES string of the molecule is O=C1c2c(I)cc(I)cc2OC2C3OC(C12)C1C2CCC(O2)C31. The van der Waals surface area contributed by atoms with Gasteiger partial charge in [-0.2, -0.15) is 0 Å². The maximum atomic E-state index is 13.2. The van der Waals surface area contributed by atoms with E-state index in [0.717, 1.165) is 31.3 Å². The van der Waals surface area contributed by atoms with Crippen LogP contribution in [0.5, 0.6) is 5.75 Å². The molecule has 5 heterocycles. The molecule has 5 aliphatic heterocycles. The number of rotatable bonds is 0. The molecular weight excluding hydrogens is 522 g/mol. The fraction of sp³-hybridized carbons (Fsp3) is 0.588. The maximum absolute atomic E-state index is 13.2. The maximum Gasteiger partial charge on any atom is 0.177 e. The Hall–Kier alpha value is 0.0700. The van der Waals surface area contributed by atoms with E-state index in [-0.39, 0.29) is 30.0 Å². The van der Waals surface area contributed by atoms with Crippen molar-refractivity contribution in [3.8, 4) is 5.75 Å². The van der Waals surface area contributed by atoms with E-state index in [9.17, 15) is 4.79 Å². The van der Waals surface area contributed by atoms with Gasteiger partial charge in [-0.1, -0.05) is 0 Å². The normalized spacial score (nSPS) is 48.2. The van der Waals surface area contributed by atoms with Crippen molar-refractivity contribution in [3.63, 3.8) is 0 Å². The summed E-state index contributed by atoms with van der Waals surface area (Å²) in [5.74, 6) is 1.63. The summed E-state index contributed by atoms with van der Waals surface area (Å²) in [6.45, 7) is 0. The zero-order valence-corrected chi connectivity index (χ0v) is 16.4. The lowest BCUT2D eigenvalue weighted by atomic mass is 9.64. The van der Waals surface area contributed by atoms with E-state index >= 15 is 0 Å². The van der Waals surface area contributed by atoms with Crippen LogP contribution in [0.15, 0.2) is 12.1 Å². The third kappa shape index (κ3) is 1.67. The summed E-state index contributed by atoms with van der Waals surface area (Å²) in [6.07, 6.45) is 2.76. The van der Waals surface area contributed by atoms with E-state index in [1.807, 2.05) is 12.1 Å². The predicted octanol–water partition coefficient (Wildman–Crippen LogP) is 3.03. The van der Waals surface area contributed by atoms with E-state index in [1.165, 1.54) is 0 Å². The van der Waals surface area contributed by atoms with Crippen LogP contribution in [0.2, 0.25) is 0 Å². The number of hydrogen-bond acceptors (Lipinski definition) is 4. The van der Waals surface area contributed by atoms with Crippen molar-refractivity contribution >= 4 is 51.0 Å². The number of fused-ring (bicyclic) bond motifs is 13. The number of carbonyl (C=O) groups is 1. The van der Waals surface area contributed by atoms with Gasteiger partial charge in [-0.05, 0) is 70.2 Å². The Labute approximate surface area is 160 Å². The molecule has 0 radical (unpaired) electrons. The van der Waals surface area contributed by atoms with E-state index in [0.29, 0.717) is 24.0 Å². The molecule has 6 rings (SSSR count). The molecule has 4 fully saturated rings. The molecule has 0 saturated carbocycles. The number of halogens is 2. The van der Waals surface area contributed by atoms with Crippen LogP contribution >= 0.6 is 45.2 Å². The van der Waals surface area contributed by atoms with Gasteiger partial charge in [-0.15, -0.1) is 0 Å². The summed E-state index contributed by atoms with van der Waals surface area (Å²) in [4.78, 5) is 13.2. The quantitative estimate of drug-likeness (QED) is 0.479. The molecule has 0 aliphatic carbocycles. The predicted molar refractivity (Wildman–Crippen MR) is 97.6 cm³/mol. The molecule has 1 aromatic rings. The number of hydrogen-bond donors (Lipinski definition) is 0. The first-order valence-electron chi connectivity index (χ1n) is 8.14. The molecule has 8 atom stereocenters. The Morgan fingerprint density at radius 3 is 2.48 bits per heavy atom. The second-order valence-electron chi connectivity index (χ2n) is 7.24. The number of Topliss-reactive ketones (excluding diaryl/α,β-unsaturated/α-hetero) is 1. The van der Waals surface area contributed by atoms with Crippen molar-refractivity contribution in [1.29, 1.82) is 0 Å². The van der Waals surface area contributed by atoms with Gasteiger partial charge in [0.15, 0.2) is 5.78 Å². The Kier molecular flexibility index (Phi) is 2.86. The first-order chi connectivity index (χ1) is 11.1. The molecule has 4 nitrogen and oxygen atoms in total. The molecule has 8 unspecified atom stereocenters. The van der Waals surface area contributed by atoms with E-state index in [2.05, 4.69) is 45.2 Å². The second kappa shape index (κ2) is 4.62. The summed E-state index contributed by atoms with van der Waals surface area (Å²) in [5, 5.41) is 0. The van der Waals surface area contributed by atoms with Gasteiger partial charge < -0.3 is 14.2 Å². The van der Waals surface area contributed by atoms with Crippen molar-refractivity contribution in [2.45, 2.75) is 43.4 Å². The summed E-state index contributed by atoms with van der Waals surface area (Å²) >= 11 is 4.52. The molecule has 1 aromatic carbocycles. The van der Waals surface area contributed by atoms with Crippen LogP contribution in [0.25, 0.3) is 0 Å². The number of ketones is 1. The molecule has 120 valence electrons. The Balaban J connectivity index is 1.47. The van der Waals surface area contributed by atoms with Crippen molar-refractivity contribution < 1.29 is 19.0 Å². The molecule has 4 saturated heterocycles. The van der Waals surface area contributed by atoms with Crippen molar-refractivity contribution in [3.05, 3.63) is 24.8 Å². The Morgan fingerprint density at radius 2 is 1.70 bits per heavy atom. The number of ether oxygens (including phenoxy) is 3. The van der Waals surface area contributed by atoms with Crippen molar-refractivity contribution in [2.24, 2.45) is 17.8 Å². The molecule has 0 spiro atoms. The molecule has 0 N–H and O–H groups in total. The number of carbonyl (C=O) groups excluding carboxylic acids is 1. The zero-order chi connectivity index (χ0) is 15.5. The minimum atomic E-state index is -0.148. The van der Waals surface area contributed by atoms with Crippen molar-refractivity contribution in [2.75, 3.05) is 0 Å². The second-order valence-corrected chi connectivity index (χ2v) is 9.65. The molecule has 0 amide bonds. The van der Waals surface area contributed by atoms with Gasteiger partial charge in [0.05, 0.1) is 29.8 Å². The van der Waals surface area contributed by atoms with Crippen LogP contribution in [0, 0.1) is 24.9 Å². The third-order valence-corrected chi connectivity index (χ3v) is 7.80. The lowest BCUT2D eigenvalue weighted by molar-refractivity contribution is -0.00886. The highest BCUT2D eigenvalue weighted by atomic mass is 127. The minimum Gasteiger partial charge on any atom is -0.486 e. The zero-order valence-electron chi connectivity index (χ0n) is 12.1. The lowest BCUT2D eigenvalue weighted by Gasteiger charge is -2.40. The summed E-state index contributed by atoms with van der Waals surface area (Å²) in [5.41, 5.74) is 0.754. The highest BCUT2D eigenvalue weighted by Gasteiger charge is 2.71. The van der Waals surface area contributed by atoms with Crippen LogP contribution in [0.1, 0.15) is 23.2 Å². The molecule has 5 aliphatic rings. The Morgan fingerprint density at radius 1 is 0.957 bits per heavy atom. The number of benzene rings is 1.